The van der Waals surface area contributed by atoms with Crippen molar-refractivity contribution >= 4 is 23.1 Å². The predicted octanol–water partition coefficient (Wildman–Crippen LogP) is 2.34. The van der Waals surface area contributed by atoms with Gasteiger partial charge in [0, 0.05) is 31.1 Å². The first-order chi connectivity index (χ1) is 10.8. The third-order valence-electron chi connectivity index (χ3n) is 4.39. The quantitative estimate of drug-likeness (QED) is 0.854. The molecule has 2 aliphatic heterocycles. The van der Waals surface area contributed by atoms with Crippen LogP contribution in [0.5, 0.6) is 0 Å². The van der Waals surface area contributed by atoms with E-state index in [0.717, 1.165) is 31.9 Å². The van der Waals surface area contributed by atoms with Crippen molar-refractivity contribution in [1.29, 1.82) is 0 Å². The van der Waals surface area contributed by atoms with Gasteiger partial charge in [0.2, 0.25) is 0 Å². The molecule has 5 nitrogen and oxygen atoms in total. The molecule has 0 saturated carbocycles. The van der Waals surface area contributed by atoms with Crippen molar-refractivity contribution in [2.24, 2.45) is 0 Å². The Morgan fingerprint density at radius 3 is 2.73 bits per heavy atom. The van der Waals surface area contributed by atoms with Crippen LogP contribution >= 0.6 is 11.3 Å². The SMILES string of the molecule is O=C(c1ccc(N2CCCC2)nn1)N1CCc2sccc2C1. The highest BCUT2D eigenvalue weighted by molar-refractivity contribution is 7.10. The molecule has 2 aromatic heterocycles. The van der Waals surface area contributed by atoms with E-state index in [-0.39, 0.29) is 5.91 Å². The molecule has 0 N–H and O–H groups in total. The Morgan fingerprint density at radius 2 is 1.95 bits per heavy atom. The topological polar surface area (TPSA) is 49.3 Å². The van der Waals surface area contributed by atoms with E-state index in [2.05, 4.69) is 26.5 Å². The van der Waals surface area contributed by atoms with Gasteiger partial charge in [0.1, 0.15) is 0 Å². The van der Waals surface area contributed by atoms with Crippen molar-refractivity contribution in [3.63, 3.8) is 0 Å². The summed E-state index contributed by atoms with van der Waals surface area (Å²) in [6.07, 6.45) is 3.36. The van der Waals surface area contributed by atoms with Gasteiger partial charge in [-0.2, -0.15) is 0 Å². The minimum absolute atomic E-state index is 0.0164. The largest absolute Gasteiger partial charge is 0.355 e. The number of hydrogen-bond donors (Lipinski definition) is 0. The molecule has 2 aliphatic rings. The molecule has 0 aromatic carbocycles. The lowest BCUT2D eigenvalue weighted by Crippen LogP contribution is -2.36. The van der Waals surface area contributed by atoms with Crippen LogP contribution < -0.4 is 4.90 Å². The number of fused-ring (bicyclic) bond motifs is 1. The van der Waals surface area contributed by atoms with Crippen LogP contribution in [0.15, 0.2) is 23.6 Å². The van der Waals surface area contributed by atoms with Crippen LogP contribution in [0.4, 0.5) is 5.82 Å². The Hall–Kier alpha value is -1.95. The Morgan fingerprint density at radius 1 is 1.09 bits per heavy atom. The van der Waals surface area contributed by atoms with Crippen molar-refractivity contribution in [3.8, 4) is 0 Å². The second-order valence-electron chi connectivity index (χ2n) is 5.82. The Kier molecular flexibility index (Phi) is 3.54. The van der Waals surface area contributed by atoms with E-state index < -0.39 is 0 Å². The fraction of sp³-hybridized carbons (Fsp3) is 0.438. The zero-order valence-electron chi connectivity index (χ0n) is 12.4. The van der Waals surface area contributed by atoms with Crippen molar-refractivity contribution in [2.75, 3.05) is 24.5 Å². The van der Waals surface area contributed by atoms with Gasteiger partial charge in [0.15, 0.2) is 11.5 Å². The summed E-state index contributed by atoms with van der Waals surface area (Å²) in [6.45, 7) is 3.53. The molecular weight excluding hydrogens is 296 g/mol. The number of hydrogen-bond acceptors (Lipinski definition) is 5. The smallest absolute Gasteiger partial charge is 0.274 e. The molecule has 4 rings (SSSR count). The second kappa shape index (κ2) is 5.68. The van der Waals surface area contributed by atoms with Crippen LogP contribution in [0.25, 0.3) is 0 Å². The van der Waals surface area contributed by atoms with Gasteiger partial charge in [0.05, 0.1) is 0 Å². The normalized spacial score (nSPS) is 17.6. The van der Waals surface area contributed by atoms with Crippen LogP contribution in [-0.4, -0.2) is 40.6 Å². The molecule has 6 heteroatoms. The van der Waals surface area contributed by atoms with Crippen molar-refractivity contribution < 1.29 is 4.79 Å². The molecule has 114 valence electrons. The van der Waals surface area contributed by atoms with E-state index in [9.17, 15) is 4.79 Å². The summed E-state index contributed by atoms with van der Waals surface area (Å²) in [5.74, 6) is 0.866. The predicted molar refractivity (Wildman–Crippen MR) is 86.2 cm³/mol. The minimum Gasteiger partial charge on any atom is -0.355 e. The maximum Gasteiger partial charge on any atom is 0.274 e. The van der Waals surface area contributed by atoms with Crippen molar-refractivity contribution in [3.05, 3.63) is 39.7 Å². The van der Waals surface area contributed by atoms with Gasteiger partial charge >= 0.3 is 0 Å². The van der Waals surface area contributed by atoms with Crippen LogP contribution in [0.1, 0.15) is 33.8 Å². The lowest BCUT2D eigenvalue weighted by atomic mass is 10.1. The van der Waals surface area contributed by atoms with Gasteiger partial charge in [-0.15, -0.1) is 21.5 Å². The Labute approximate surface area is 133 Å². The standard InChI is InChI=1S/C16H18N4OS/c21-16(20-9-5-14-12(11-20)6-10-22-14)13-3-4-15(18-17-13)19-7-1-2-8-19/h3-4,6,10H,1-2,5,7-9,11H2. The molecule has 0 unspecified atom stereocenters. The van der Waals surface area contributed by atoms with Gasteiger partial charge in [0.25, 0.3) is 5.91 Å². The lowest BCUT2D eigenvalue weighted by Gasteiger charge is -2.26. The first kappa shape index (κ1) is 13.7. The molecule has 22 heavy (non-hydrogen) atoms. The van der Waals surface area contributed by atoms with E-state index in [1.165, 1.54) is 23.3 Å². The molecular formula is C16H18N4OS. The summed E-state index contributed by atoms with van der Waals surface area (Å²) in [4.78, 5) is 18.1. The maximum absolute atomic E-state index is 12.6. The van der Waals surface area contributed by atoms with Gasteiger partial charge < -0.3 is 9.80 Å². The molecule has 2 aromatic rings. The third-order valence-corrected chi connectivity index (χ3v) is 5.42. The van der Waals surface area contributed by atoms with Crippen LogP contribution in [0.3, 0.4) is 0 Å². The number of carbonyl (C=O) groups is 1. The monoisotopic (exact) mass is 314 g/mol. The highest BCUT2D eigenvalue weighted by Crippen LogP contribution is 2.25. The zero-order valence-corrected chi connectivity index (χ0v) is 13.2. The molecule has 0 aliphatic carbocycles. The first-order valence-electron chi connectivity index (χ1n) is 7.74. The van der Waals surface area contributed by atoms with Crippen molar-refractivity contribution in [1.82, 2.24) is 15.1 Å². The molecule has 0 atom stereocenters. The van der Waals surface area contributed by atoms with Crippen molar-refractivity contribution in [2.45, 2.75) is 25.8 Å². The number of amides is 1. The van der Waals surface area contributed by atoms with E-state index >= 15 is 0 Å². The summed E-state index contributed by atoms with van der Waals surface area (Å²) in [7, 11) is 0. The lowest BCUT2D eigenvalue weighted by molar-refractivity contribution is 0.0728. The van der Waals surface area contributed by atoms with Gasteiger partial charge in [-0.05, 0) is 48.4 Å². The summed E-state index contributed by atoms with van der Waals surface area (Å²) in [6, 6.07) is 5.85. The van der Waals surface area contributed by atoms with Gasteiger partial charge in [-0.3, -0.25) is 4.79 Å². The average molecular weight is 314 g/mol. The third kappa shape index (κ3) is 2.47. The van der Waals surface area contributed by atoms with Crippen LogP contribution in [-0.2, 0) is 13.0 Å². The molecule has 1 amide bonds. The summed E-state index contributed by atoms with van der Waals surface area (Å²) in [5.41, 5.74) is 1.72. The number of thiophene rings is 1. The summed E-state index contributed by atoms with van der Waals surface area (Å²) >= 11 is 1.78. The first-order valence-corrected chi connectivity index (χ1v) is 8.62. The van der Waals surface area contributed by atoms with E-state index in [1.54, 1.807) is 11.3 Å². The highest BCUT2D eigenvalue weighted by atomic mass is 32.1. The summed E-state index contributed by atoms with van der Waals surface area (Å²) in [5, 5.41) is 10.5. The number of aromatic nitrogens is 2. The number of rotatable bonds is 2. The number of nitrogens with zero attached hydrogens (tertiary/aromatic N) is 4. The number of carbonyl (C=O) groups excluding carboxylic acids is 1. The second-order valence-corrected chi connectivity index (χ2v) is 6.82. The Balaban J connectivity index is 1.48. The number of anilines is 1. The molecule has 0 radical (unpaired) electrons. The molecule has 0 bridgehead atoms. The highest BCUT2D eigenvalue weighted by Gasteiger charge is 2.24. The Bertz CT molecular complexity index is 676. The minimum atomic E-state index is -0.0164. The van der Waals surface area contributed by atoms with Crippen LogP contribution in [0.2, 0.25) is 0 Å². The average Bonchev–Trinajstić information content (AvgIpc) is 3.25. The summed E-state index contributed by atoms with van der Waals surface area (Å²) < 4.78 is 0. The fourth-order valence-corrected chi connectivity index (χ4v) is 4.03. The molecule has 4 heterocycles. The molecule has 0 spiro atoms. The van der Waals surface area contributed by atoms with E-state index in [1.807, 2.05) is 17.0 Å². The molecule has 1 fully saturated rings. The van der Waals surface area contributed by atoms with E-state index in [0.29, 0.717) is 12.2 Å². The fourth-order valence-electron chi connectivity index (χ4n) is 3.14. The van der Waals surface area contributed by atoms with Gasteiger partial charge in [-0.1, -0.05) is 0 Å². The van der Waals surface area contributed by atoms with E-state index in [4.69, 9.17) is 0 Å². The zero-order chi connectivity index (χ0) is 14.9. The van der Waals surface area contributed by atoms with Crippen LogP contribution in [0, 0.1) is 0 Å². The molecule has 1 saturated heterocycles. The van der Waals surface area contributed by atoms with Gasteiger partial charge in [-0.25, -0.2) is 0 Å². The maximum atomic E-state index is 12.6.